The quantitative estimate of drug-likeness (QED) is 0.755. The number of imidazole rings is 1. The van der Waals surface area contributed by atoms with Crippen molar-refractivity contribution in [1.29, 1.82) is 0 Å². The van der Waals surface area contributed by atoms with Crippen LogP contribution in [0.1, 0.15) is 26.7 Å². The Bertz CT molecular complexity index is 742. The Labute approximate surface area is 117 Å². The van der Waals surface area contributed by atoms with Crippen LogP contribution >= 0.6 is 0 Å². The van der Waals surface area contributed by atoms with E-state index >= 15 is 0 Å². The van der Waals surface area contributed by atoms with E-state index in [1.807, 2.05) is 13.8 Å². The zero-order chi connectivity index (χ0) is 14.8. The average molecular weight is 297 g/mol. The van der Waals surface area contributed by atoms with Crippen LogP contribution < -0.4 is 10.4 Å². The summed E-state index contributed by atoms with van der Waals surface area (Å²) in [5.41, 5.74) is 0.730. The first-order chi connectivity index (χ1) is 9.46. The van der Waals surface area contributed by atoms with Gasteiger partial charge in [0.2, 0.25) is 10.0 Å². The van der Waals surface area contributed by atoms with Crippen molar-refractivity contribution in [3.05, 3.63) is 28.7 Å². The predicted octanol–water partition coefficient (Wildman–Crippen LogP) is 1.57. The number of hydrogen-bond acceptors (Lipinski definition) is 3. The highest BCUT2D eigenvalue weighted by atomic mass is 32.2. The maximum atomic E-state index is 12.2. The molecular weight excluding hydrogens is 278 g/mol. The lowest BCUT2D eigenvalue weighted by Crippen LogP contribution is -2.29. The van der Waals surface area contributed by atoms with Crippen molar-refractivity contribution in [2.45, 2.75) is 31.6 Å². The van der Waals surface area contributed by atoms with Crippen molar-refractivity contribution in [3.63, 3.8) is 0 Å². The van der Waals surface area contributed by atoms with E-state index in [4.69, 9.17) is 0 Å². The van der Waals surface area contributed by atoms with Crippen molar-refractivity contribution >= 4 is 21.1 Å². The normalized spacial score (nSPS) is 12.3. The largest absolute Gasteiger partial charge is 0.323 e. The van der Waals surface area contributed by atoms with Gasteiger partial charge in [0.15, 0.2) is 0 Å². The molecule has 6 nitrogen and oxygen atoms in total. The first-order valence-corrected chi connectivity index (χ1v) is 8.16. The minimum absolute atomic E-state index is 0.159. The zero-order valence-corrected chi connectivity index (χ0v) is 12.4. The zero-order valence-electron chi connectivity index (χ0n) is 11.6. The molecule has 2 rings (SSSR count). The number of H-pyrrole nitrogens is 2. The Kier molecular flexibility index (Phi) is 4.29. The molecule has 0 atom stereocenters. The minimum atomic E-state index is -3.54. The molecule has 0 aliphatic rings. The van der Waals surface area contributed by atoms with Crippen molar-refractivity contribution in [2.75, 3.05) is 6.54 Å². The number of fused-ring (bicyclic) bond motifs is 1. The maximum Gasteiger partial charge on any atom is 0.323 e. The van der Waals surface area contributed by atoms with Crippen LogP contribution in [0.4, 0.5) is 0 Å². The fourth-order valence-corrected chi connectivity index (χ4v) is 3.21. The van der Waals surface area contributed by atoms with Gasteiger partial charge in [-0.3, -0.25) is 0 Å². The minimum Gasteiger partial charge on any atom is -0.306 e. The second kappa shape index (κ2) is 5.80. The smallest absolute Gasteiger partial charge is 0.306 e. The molecule has 0 unspecified atom stereocenters. The number of benzene rings is 1. The standard InChI is InChI=1S/C13H19N3O3S/c1-3-9(4-2)8-14-20(18,19)10-5-6-11-12(7-10)16-13(17)15-11/h5-7,9,14H,3-4,8H2,1-2H3,(H2,15,16,17). The van der Waals surface area contributed by atoms with E-state index in [9.17, 15) is 13.2 Å². The van der Waals surface area contributed by atoms with Gasteiger partial charge in [0.25, 0.3) is 0 Å². The molecule has 1 aromatic carbocycles. The fourth-order valence-electron chi connectivity index (χ4n) is 2.07. The summed E-state index contributed by atoms with van der Waals surface area (Å²) in [6, 6.07) is 4.53. The monoisotopic (exact) mass is 297 g/mol. The summed E-state index contributed by atoms with van der Waals surface area (Å²) < 4.78 is 27.0. The number of aromatic amines is 2. The van der Waals surface area contributed by atoms with Crippen LogP contribution in [0.25, 0.3) is 11.0 Å². The molecule has 20 heavy (non-hydrogen) atoms. The lowest BCUT2D eigenvalue weighted by atomic mass is 10.0. The fraction of sp³-hybridized carbons (Fsp3) is 0.462. The number of rotatable bonds is 6. The van der Waals surface area contributed by atoms with E-state index in [0.717, 1.165) is 12.8 Å². The van der Waals surface area contributed by atoms with Gasteiger partial charge in [0.05, 0.1) is 15.9 Å². The predicted molar refractivity (Wildman–Crippen MR) is 78.2 cm³/mol. The van der Waals surface area contributed by atoms with Gasteiger partial charge in [-0.2, -0.15) is 0 Å². The van der Waals surface area contributed by atoms with E-state index in [2.05, 4.69) is 14.7 Å². The molecule has 0 radical (unpaired) electrons. The Morgan fingerprint density at radius 1 is 1.15 bits per heavy atom. The highest BCUT2D eigenvalue weighted by molar-refractivity contribution is 7.89. The van der Waals surface area contributed by atoms with E-state index in [1.165, 1.54) is 12.1 Å². The summed E-state index contributed by atoms with van der Waals surface area (Å²) in [6.45, 7) is 4.51. The van der Waals surface area contributed by atoms with Crippen LogP contribution in [0.2, 0.25) is 0 Å². The molecule has 0 aliphatic carbocycles. The molecule has 110 valence electrons. The molecule has 0 saturated carbocycles. The molecule has 7 heteroatoms. The van der Waals surface area contributed by atoms with Gasteiger partial charge >= 0.3 is 5.69 Å². The first kappa shape index (κ1) is 14.8. The van der Waals surface area contributed by atoms with E-state index < -0.39 is 10.0 Å². The Balaban J connectivity index is 2.24. The third kappa shape index (κ3) is 3.10. The van der Waals surface area contributed by atoms with Crippen LogP contribution in [-0.2, 0) is 10.0 Å². The second-order valence-electron chi connectivity index (χ2n) is 4.82. The Morgan fingerprint density at radius 3 is 2.45 bits per heavy atom. The molecule has 0 saturated heterocycles. The Morgan fingerprint density at radius 2 is 1.80 bits per heavy atom. The third-order valence-corrected chi connectivity index (χ3v) is 4.94. The van der Waals surface area contributed by atoms with Crippen LogP contribution in [0.15, 0.2) is 27.9 Å². The van der Waals surface area contributed by atoms with Gasteiger partial charge in [-0.05, 0) is 24.1 Å². The topological polar surface area (TPSA) is 94.8 Å². The SMILES string of the molecule is CCC(CC)CNS(=O)(=O)c1ccc2[nH]c(=O)[nH]c2c1. The highest BCUT2D eigenvalue weighted by Gasteiger charge is 2.16. The molecule has 2 aromatic rings. The molecule has 0 bridgehead atoms. The summed E-state index contributed by atoms with van der Waals surface area (Å²) in [5.74, 6) is 0.334. The molecule has 1 heterocycles. The molecule has 3 N–H and O–H groups in total. The van der Waals surface area contributed by atoms with Gasteiger partial charge in [-0.25, -0.2) is 17.9 Å². The van der Waals surface area contributed by atoms with Gasteiger partial charge in [0, 0.05) is 6.54 Å². The summed E-state index contributed by atoms with van der Waals surface area (Å²) >= 11 is 0. The van der Waals surface area contributed by atoms with Crippen molar-refractivity contribution in [3.8, 4) is 0 Å². The van der Waals surface area contributed by atoms with Crippen LogP contribution in [0.5, 0.6) is 0 Å². The Hall–Kier alpha value is -1.60. The number of nitrogens with one attached hydrogen (secondary N) is 3. The molecule has 0 fully saturated rings. The van der Waals surface area contributed by atoms with Gasteiger partial charge < -0.3 is 9.97 Å². The molecular formula is C13H19N3O3S. The second-order valence-corrected chi connectivity index (χ2v) is 6.59. The van der Waals surface area contributed by atoms with Crippen molar-refractivity contribution in [1.82, 2.24) is 14.7 Å². The van der Waals surface area contributed by atoms with E-state index in [-0.39, 0.29) is 10.6 Å². The van der Waals surface area contributed by atoms with Crippen LogP contribution in [-0.4, -0.2) is 24.9 Å². The number of hydrogen-bond donors (Lipinski definition) is 3. The van der Waals surface area contributed by atoms with Gasteiger partial charge in [-0.15, -0.1) is 0 Å². The van der Waals surface area contributed by atoms with E-state index in [1.54, 1.807) is 6.07 Å². The maximum absolute atomic E-state index is 12.2. The van der Waals surface area contributed by atoms with Gasteiger partial charge in [-0.1, -0.05) is 26.7 Å². The molecule has 1 aromatic heterocycles. The van der Waals surface area contributed by atoms with Crippen molar-refractivity contribution < 1.29 is 8.42 Å². The third-order valence-electron chi connectivity index (χ3n) is 3.51. The van der Waals surface area contributed by atoms with E-state index in [0.29, 0.717) is 23.5 Å². The molecule has 0 aliphatic heterocycles. The van der Waals surface area contributed by atoms with Gasteiger partial charge in [0.1, 0.15) is 0 Å². The molecule has 0 amide bonds. The van der Waals surface area contributed by atoms with Crippen LogP contribution in [0.3, 0.4) is 0 Å². The number of sulfonamides is 1. The summed E-state index contributed by atoms with van der Waals surface area (Å²) in [6.07, 6.45) is 1.87. The first-order valence-electron chi connectivity index (χ1n) is 6.68. The lowest BCUT2D eigenvalue weighted by Gasteiger charge is -2.13. The van der Waals surface area contributed by atoms with Crippen molar-refractivity contribution in [2.24, 2.45) is 5.92 Å². The molecule has 0 spiro atoms. The lowest BCUT2D eigenvalue weighted by molar-refractivity contribution is 0.479. The highest BCUT2D eigenvalue weighted by Crippen LogP contribution is 2.15. The summed E-state index contributed by atoms with van der Waals surface area (Å²) in [7, 11) is -3.54. The number of aromatic nitrogens is 2. The summed E-state index contributed by atoms with van der Waals surface area (Å²) in [4.78, 5) is 16.5. The summed E-state index contributed by atoms with van der Waals surface area (Å²) in [5, 5.41) is 0. The average Bonchev–Trinajstić information content (AvgIpc) is 2.78. The van der Waals surface area contributed by atoms with Crippen LogP contribution in [0, 0.1) is 5.92 Å².